The fourth-order valence-corrected chi connectivity index (χ4v) is 3.41. The van der Waals surface area contributed by atoms with Crippen molar-refractivity contribution in [2.24, 2.45) is 11.5 Å². The number of nitrogens with two attached hydrogens (primary N) is 2. The molecule has 6 nitrogen and oxygen atoms in total. The zero-order chi connectivity index (χ0) is 18.6. The lowest BCUT2D eigenvalue weighted by Crippen LogP contribution is -2.16. The molecule has 0 bridgehead atoms. The summed E-state index contributed by atoms with van der Waals surface area (Å²) >= 11 is 0. The van der Waals surface area contributed by atoms with E-state index in [0.29, 0.717) is 5.56 Å². The molecule has 0 aliphatic heterocycles. The predicted octanol–water partition coefficient (Wildman–Crippen LogP) is 2.61. The van der Waals surface area contributed by atoms with Gasteiger partial charge in [0.05, 0.1) is 0 Å². The summed E-state index contributed by atoms with van der Waals surface area (Å²) < 4.78 is 0. The molecule has 0 saturated carbocycles. The topological polar surface area (TPSA) is 127 Å². The first-order valence-electron chi connectivity index (χ1n) is 7.83. The second kappa shape index (κ2) is 5.35. The molecule has 0 radical (unpaired) electrons. The number of fused-ring (bicyclic) bond motifs is 4. The van der Waals surface area contributed by atoms with Crippen molar-refractivity contribution in [3.63, 3.8) is 0 Å². The van der Waals surface area contributed by atoms with Crippen molar-refractivity contribution in [2.45, 2.75) is 0 Å². The Hall–Kier alpha value is -3.80. The highest BCUT2D eigenvalue weighted by Crippen LogP contribution is 2.57. The first-order chi connectivity index (χ1) is 12.4. The van der Waals surface area contributed by atoms with E-state index in [4.69, 9.17) is 11.5 Å². The van der Waals surface area contributed by atoms with Crippen molar-refractivity contribution in [2.75, 3.05) is 0 Å². The van der Waals surface area contributed by atoms with E-state index in [2.05, 4.69) is 0 Å². The summed E-state index contributed by atoms with van der Waals surface area (Å²) in [6.45, 7) is 0. The summed E-state index contributed by atoms with van der Waals surface area (Å²) in [5, 5.41) is 20.7. The molecule has 0 spiro atoms. The lowest BCUT2D eigenvalue weighted by atomic mass is 9.75. The third-order valence-electron chi connectivity index (χ3n) is 4.61. The van der Waals surface area contributed by atoms with Crippen molar-refractivity contribution in [3.05, 3.63) is 59.7 Å². The van der Waals surface area contributed by atoms with Crippen LogP contribution in [0.4, 0.5) is 0 Å². The van der Waals surface area contributed by atoms with E-state index >= 15 is 0 Å². The summed E-state index contributed by atoms with van der Waals surface area (Å²) in [4.78, 5) is 23.5. The fourth-order valence-electron chi connectivity index (χ4n) is 3.41. The first-order valence-corrected chi connectivity index (χ1v) is 7.83. The highest BCUT2D eigenvalue weighted by Gasteiger charge is 2.31. The number of phenols is 2. The van der Waals surface area contributed by atoms with E-state index < -0.39 is 11.8 Å². The number of hydrogen-bond donors (Lipinski definition) is 4. The molecular weight excluding hydrogens is 332 g/mol. The average Bonchev–Trinajstić information content (AvgIpc) is 2.62. The molecule has 2 amide bonds. The quantitative estimate of drug-likeness (QED) is 0.425. The van der Waals surface area contributed by atoms with E-state index in [0.717, 1.165) is 16.7 Å². The third-order valence-corrected chi connectivity index (χ3v) is 4.61. The maximum atomic E-state index is 11.9. The summed E-state index contributed by atoms with van der Waals surface area (Å²) in [5.74, 6) is -2.11. The van der Waals surface area contributed by atoms with E-state index in [-0.39, 0.29) is 33.8 Å². The Morgan fingerprint density at radius 1 is 0.731 bits per heavy atom. The number of hydrogen-bond acceptors (Lipinski definition) is 4. The molecule has 0 heterocycles. The van der Waals surface area contributed by atoms with Crippen LogP contribution in [0.15, 0.2) is 48.5 Å². The lowest BCUT2D eigenvalue weighted by molar-refractivity contribution is 0.0988. The van der Waals surface area contributed by atoms with Gasteiger partial charge >= 0.3 is 0 Å². The molecule has 1 aliphatic carbocycles. The van der Waals surface area contributed by atoms with E-state index in [1.807, 2.05) is 24.3 Å². The Labute approximate surface area is 148 Å². The number of rotatable bonds is 3. The molecule has 0 fully saturated rings. The van der Waals surface area contributed by atoms with Gasteiger partial charge in [0.25, 0.3) is 0 Å². The largest absolute Gasteiger partial charge is 0.504 e. The van der Waals surface area contributed by atoms with Crippen LogP contribution in [0.2, 0.25) is 0 Å². The monoisotopic (exact) mass is 346 g/mol. The zero-order valence-corrected chi connectivity index (χ0v) is 13.5. The van der Waals surface area contributed by atoms with Crippen LogP contribution in [0.5, 0.6) is 11.5 Å². The van der Waals surface area contributed by atoms with Gasteiger partial charge in [0.2, 0.25) is 11.8 Å². The van der Waals surface area contributed by atoms with Gasteiger partial charge < -0.3 is 21.7 Å². The van der Waals surface area contributed by atoms with Crippen LogP contribution in [0.3, 0.4) is 0 Å². The van der Waals surface area contributed by atoms with Gasteiger partial charge in [-0.15, -0.1) is 0 Å². The van der Waals surface area contributed by atoms with Crippen molar-refractivity contribution in [1.82, 2.24) is 0 Å². The molecule has 0 aromatic heterocycles. The summed E-state index contributed by atoms with van der Waals surface area (Å²) in [5.41, 5.74) is 14.8. The molecule has 3 aromatic carbocycles. The normalized spacial score (nSPS) is 11.2. The van der Waals surface area contributed by atoms with Gasteiger partial charge in [-0.25, -0.2) is 0 Å². The van der Waals surface area contributed by atoms with Gasteiger partial charge in [-0.2, -0.15) is 0 Å². The minimum Gasteiger partial charge on any atom is -0.504 e. The smallest absolute Gasteiger partial charge is 0.249 e. The number of primary amides is 2. The van der Waals surface area contributed by atoms with Crippen LogP contribution in [-0.4, -0.2) is 22.0 Å². The third kappa shape index (κ3) is 2.05. The number of benzene rings is 3. The summed E-state index contributed by atoms with van der Waals surface area (Å²) in [7, 11) is 0. The Morgan fingerprint density at radius 2 is 1.42 bits per heavy atom. The molecule has 128 valence electrons. The molecule has 1 aliphatic rings. The van der Waals surface area contributed by atoms with E-state index in [1.165, 1.54) is 24.3 Å². The molecule has 6 heteroatoms. The Morgan fingerprint density at radius 3 is 2.08 bits per heavy atom. The minimum atomic E-state index is -0.722. The van der Waals surface area contributed by atoms with Crippen molar-refractivity contribution in [1.29, 1.82) is 0 Å². The Balaban J connectivity index is 2.09. The van der Waals surface area contributed by atoms with Crippen molar-refractivity contribution < 1.29 is 19.8 Å². The highest BCUT2D eigenvalue weighted by atomic mass is 16.3. The molecular formula is C20H14N2O4. The summed E-state index contributed by atoms with van der Waals surface area (Å²) in [6, 6.07) is 13.1. The lowest BCUT2D eigenvalue weighted by Gasteiger charge is -2.28. The predicted molar refractivity (Wildman–Crippen MR) is 96.7 cm³/mol. The van der Waals surface area contributed by atoms with E-state index in [9.17, 15) is 19.8 Å². The first kappa shape index (κ1) is 15.7. The van der Waals surface area contributed by atoms with Crippen molar-refractivity contribution >= 4 is 11.8 Å². The SMILES string of the molecule is NC(=O)c1ccc(C(N)=O)c(-c2c(O)c(O)cc3c2-c2ccccc2-3)c1. The van der Waals surface area contributed by atoms with Gasteiger partial charge in [-0.05, 0) is 46.5 Å². The number of amides is 2. The van der Waals surface area contributed by atoms with Crippen LogP contribution in [0.25, 0.3) is 33.4 Å². The van der Waals surface area contributed by atoms with Gasteiger partial charge in [0.15, 0.2) is 11.5 Å². The zero-order valence-electron chi connectivity index (χ0n) is 13.5. The Kier molecular flexibility index (Phi) is 3.23. The van der Waals surface area contributed by atoms with Gasteiger partial charge in [0.1, 0.15) is 0 Å². The van der Waals surface area contributed by atoms with Crippen molar-refractivity contribution in [3.8, 4) is 44.9 Å². The van der Waals surface area contributed by atoms with Crippen LogP contribution in [0, 0.1) is 0 Å². The van der Waals surface area contributed by atoms with Crippen LogP contribution in [-0.2, 0) is 0 Å². The maximum Gasteiger partial charge on any atom is 0.249 e. The van der Waals surface area contributed by atoms with Gasteiger partial charge in [0, 0.05) is 22.3 Å². The maximum absolute atomic E-state index is 11.9. The molecule has 4 rings (SSSR count). The van der Waals surface area contributed by atoms with Crippen LogP contribution < -0.4 is 11.5 Å². The molecule has 0 atom stereocenters. The molecule has 0 unspecified atom stereocenters. The number of carbonyl (C=O) groups excluding carboxylic acids is 2. The minimum absolute atomic E-state index is 0.113. The molecule has 26 heavy (non-hydrogen) atoms. The standard InChI is InChI=1S/C20H14N2O4/c21-19(25)9-5-6-12(20(22)26)13(7-9)17-16-11-4-2-1-3-10(11)14(16)8-15(23)18(17)24/h1-8,23-24H,(H2,21,25)(H2,22,26). The van der Waals surface area contributed by atoms with E-state index in [1.54, 1.807) is 0 Å². The van der Waals surface area contributed by atoms with Gasteiger partial charge in [-0.3, -0.25) is 9.59 Å². The fraction of sp³-hybridized carbons (Fsp3) is 0. The second-order valence-corrected chi connectivity index (χ2v) is 6.08. The number of carbonyl (C=O) groups is 2. The Bertz CT molecular complexity index is 1120. The van der Waals surface area contributed by atoms with Gasteiger partial charge in [-0.1, -0.05) is 24.3 Å². The average molecular weight is 346 g/mol. The number of aromatic hydroxyl groups is 2. The second-order valence-electron chi connectivity index (χ2n) is 6.08. The molecule has 6 N–H and O–H groups in total. The summed E-state index contributed by atoms with van der Waals surface area (Å²) in [6.07, 6.45) is 0. The highest BCUT2D eigenvalue weighted by molar-refractivity contribution is 6.14. The molecule has 0 saturated heterocycles. The van der Waals surface area contributed by atoms with Crippen LogP contribution in [0.1, 0.15) is 20.7 Å². The molecule has 3 aromatic rings. The van der Waals surface area contributed by atoms with Crippen LogP contribution >= 0.6 is 0 Å². The number of phenolic OH excluding ortho intramolecular Hbond substituents is 2.